The topological polar surface area (TPSA) is 97.8 Å². The quantitative estimate of drug-likeness (QED) is 0.224. The molecule has 2 heterocycles. The Morgan fingerprint density at radius 1 is 1.09 bits per heavy atom. The van der Waals surface area contributed by atoms with Crippen molar-refractivity contribution in [2.24, 2.45) is 15.7 Å². The molecule has 7 nitrogen and oxygen atoms in total. The number of rotatable bonds is 12. The third-order valence-electron chi connectivity index (χ3n) is 4.76. The summed E-state index contributed by atoms with van der Waals surface area (Å²) in [5, 5.41) is 5.07. The maximum atomic E-state index is 13.6. The fourth-order valence-corrected chi connectivity index (χ4v) is 3.22. The molecule has 0 aliphatic heterocycles. The summed E-state index contributed by atoms with van der Waals surface area (Å²) in [6.45, 7) is 7.37. The molecule has 0 saturated carbocycles. The lowest BCUT2D eigenvalue weighted by Crippen LogP contribution is -2.14. The zero-order valence-electron chi connectivity index (χ0n) is 19.3. The standard InChI is InChI=1S/C27H27FN6O/c1-20(28)15-23(34-27(30-2)16-25(33-19-29)22-8-6-12-31-18-22)9-3-4-14-35-26-10-5-7-21-17-32-13-11-24(21)26/h3-8,10-13,15-18,34H,1-2,9,14,19,29H2/b4-3-,23-15+,27-16+,33-25+. The van der Waals surface area contributed by atoms with Gasteiger partial charge in [0.25, 0.3) is 0 Å². The van der Waals surface area contributed by atoms with Crippen LogP contribution >= 0.6 is 0 Å². The molecule has 0 aliphatic rings. The number of fused-ring (bicyclic) bond motifs is 1. The molecular weight excluding hydrogens is 443 g/mol. The van der Waals surface area contributed by atoms with Crippen molar-refractivity contribution in [2.75, 3.05) is 13.3 Å². The van der Waals surface area contributed by atoms with E-state index in [1.54, 1.807) is 36.9 Å². The Kier molecular flexibility index (Phi) is 9.59. The number of nitrogens with one attached hydrogen (secondary N) is 1. The van der Waals surface area contributed by atoms with Gasteiger partial charge >= 0.3 is 0 Å². The lowest BCUT2D eigenvalue weighted by Gasteiger charge is -2.11. The molecule has 1 aromatic carbocycles. The van der Waals surface area contributed by atoms with Gasteiger partial charge in [0.05, 0.1) is 12.4 Å². The summed E-state index contributed by atoms with van der Waals surface area (Å²) in [5.41, 5.74) is 7.49. The van der Waals surface area contributed by atoms with E-state index in [-0.39, 0.29) is 6.67 Å². The molecule has 3 rings (SSSR count). The van der Waals surface area contributed by atoms with Crippen molar-refractivity contribution in [1.29, 1.82) is 0 Å². The van der Waals surface area contributed by atoms with Crippen LogP contribution in [0, 0.1) is 0 Å². The molecule has 0 radical (unpaired) electrons. The molecule has 35 heavy (non-hydrogen) atoms. The minimum atomic E-state index is -0.590. The second-order valence-corrected chi connectivity index (χ2v) is 7.24. The number of aliphatic imine (C=N–C) groups is 2. The Balaban J connectivity index is 1.67. The van der Waals surface area contributed by atoms with Crippen molar-refractivity contribution >= 4 is 23.2 Å². The highest BCUT2D eigenvalue weighted by Crippen LogP contribution is 2.24. The fourth-order valence-electron chi connectivity index (χ4n) is 3.22. The normalized spacial score (nSPS) is 12.7. The molecule has 0 amide bonds. The summed E-state index contributed by atoms with van der Waals surface area (Å²) in [7, 11) is 0. The Morgan fingerprint density at radius 3 is 2.69 bits per heavy atom. The molecule has 0 spiro atoms. The zero-order valence-corrected chi connectivity index (χ0v) is 19.3. The van der Waals surface area contributed by atoms with E-state index >= 15 is 0 Å². The van der Waals surface area contributed by atoms with E-state index in [1.807, 2.05) is 42.5 Å². The molecule has 0 bridgehead atoms. The molecule has 178 valence electrons. The number of hydrogen-bond acceptors (Lipinski definition) is 7. The zero-order chi connectivity index (χ0) is 24.9. The average molecular weight is 471 g/mol. The number of hydrogen-bond donors (Lipinski definition) is 2. The predicted molar refractivity (Wildman–Crippen MR) is 140 cm³/mol. The van der Waals surface area contributed by atoms with Crippen molar-refractivity contribution in [1.82, 2.24) is 15.3 Å². The monoisotopic (exact) mass is 470 g/mol. The van der Waals surface area contributed by atoms with E-state index in [9.17, 15) is 4.39 Å². The van der Waals surface area contributed by atoms with Crippen LogP contribution in [0.5, 0.6) is 5.75 Å². The van der Waals surface area contributed by atoms with Crippen LogP contribution in [0.25, 0.3) is 10.8 Å². The second kappa shape index (κ2) is 13.3. The van der Waals surface area contributed by atoms with Gasteiger partial charge in [0.1, 0.15) is 24.0 Å². The molecular formula is C27H27FN6O. The first-order valence-corrected chi connectivity index (χ1v) is 10.9. The molecule has 8 heteroatoms. The molecule has 3 N–H and O–H groups in total. The number of allylic oxidation sites excluding steroid dienone is 4. The van der Waals surface area contributed by atoms with Crippen molar-refractivity contribution in [3.8, 4) is 5.75 Å². The van der Waals surface area contributed by atoms with E-state index in [2.05, 4.69) is 38.6 Å². The summed E-state index contributed by atoms with van der Waals surface area (Å²) >= 11 is 0. The fraction of sp³-hybridized carbons (Fsp3) is 0.111. The maximum Gasteiger partial charge on any atom is 0.131 e. The summed E-state index contributed by atoms with van der Waals surface area (Å²) < 4.78 is 19.5. The van der Waals surface area contributed by atoms with E-state index in [1.165, 1.54) is 6.08 Å². The third-order valence-corrected chi connectivity index (χ3v) is 4.76. The predicted octanol–water partition coefficient (Wildman–Crippen LogP) is 4.86. The van der Waals surface area contributed by atoms with Gasteiger partial charge in [-0.1, -0.05) is 30.9 Å². The number of benzene rings is 1. The second-order valence-electron chi connectivity index (χ2n) is 7.24. The van der Waals surface area contributed by atoms with E-state index in [0.717, 1.165) is 22.1 Å². The minimum Gasteiger partial charge on any atom is -0.489 e. The molecule has 2 aromatic heterocycles. The van der Waals surface area contributed by atoms with E-state index < -0.39 is 5.83 Å². The van der Waals surface area contributed by atoms with Crippen LogP contribution in [-0.2, 0) is 0 Å². The van der Waals surface area contributed by atoms with Gasteiger partial charge in [-0.25, -0.2) is 9.38 Å². The first kappa shape index (κ1) is 25.2. The van der Waals surface area contributed by atoms with Gasteiger partial charge in [0.2, 0.25) is 0 Å². The summed E-state index contributed by atoms with van der Waals surface area (Å²) in [6.07, 6.45) is 13.9. The van der Waals surface area contributed by atoms with Crippen LogP contribution in [0.3, 0.4) is 0 Å². The van der Waals surface area contributed by atoms with Crippen LogP contribution in [0.4, 0.5) is 4.39 Å². The van der Waals surface area contributed by atoms with Gasteiger partial charge in [-0.2, -0.15) is 0 Å². The summed E-state index contributed by atoms with van der Waals surface area (Å²) in [6, 6.07) is 11.4. The summed E-state index contributed by atoms with van der Waals surface area (Å²) in [5.74, 6) is 0.555. The van der Waals surface area contributed by atoms with Crippen molar-refractivity contribution in [3.05, 3.63) is 115 Å². The smallest absolute Gasteiger partial charge is 0.131 e. The Hall–Kier alpha value is -4.43. The number of pyridine rings is 2. The molecule has 0 fully saturated rings. The average Bonchev–Trinajstić information content (AvgIpc) is 2.87. The molecule has 0 unspecified atom stereocenters. The highest BCUT2D eigenvalue weighted by Gasteiger charge is 2.05. The van der Waals surface area contributed by atoms with Gasteiger partial charge < -0.3 is 15.8 Å². The Morgan fingerprint density at radius 2 is 1.94 bits per heavy atom. The Bertz CT molecular complexity index is 1280. The Labute approximate surface area is 204 Å². The van der Waals surface area contributed by atoms with Crippen molar-refractivity contribution < 1.29 is 9.13 Å². The molecule has 0 atom stereocenters. The van der Waals surface area contributed by atoms with Crippen molar-refractivity contribution in [3.63, 3.8) is 0 Å². The highest BCUT2D eigenvalue weighted by atomic mass is 19.1. The maximum absolute atomic E-state index is 13.6. The van der Waals surface area contributed by atoms with Gasteiger partial charge in [0, 0.05) is 59.3 Å². The number of nitrogens with zero attached hydrogens (tertiary/aromatic N) is 4. The van der Waals surface area contributed by atoms with Gasteiger partial charge in [-0.05, 0) is 37.1 Å². The van der Waals surface area contributed by atoms with Crippen LogP contribution < -0.4 is 15.8 Å². The number of ether oxygens (including phenoxy) is 1. The van der Waals surface area contributed by atoms with Gasteiger partial charge in [-0.3, -0.25) is 15.0 Å². The largest absolute Gasteiger partial charge is 0.489 e. The molecule has 3 aromatic rings. The van der Waals surface area contributed by atoms with Gasteiger partial charge in [0.15, 0.2) is 0 Å². The lowest BCUT2D eigenvalue weighted by molar-refractivity contribution is 0.367. The summed E-state index contributed by atoms with van der Waals surface area (Å²) in [4.78, 5) is 16.5. The van der Waals surface area contributed by atoms with Crippen LogP contribution in [-0.4, -0.2) is 35.7 Å². The van der Waals surface area contributed by atoms with E-state index in [4.69, 9.17) is 10.5 Å². The lowest BCUT2D eigenvalue weighted by atomic mass is 10.1. The van der Waals surface area contributed by atoms with Crippen molar-refractivity contribution in [2.45, 2.75) is 6.42 Å². The number of aromatic nitrogens is 2. The van der Waals surface area contributed by atoms with Crippen LogP contribution in [0.2, 0.25) is 0 Å². The minimum absolute atomic E-state index is 0.0884. The van der Waals surface area contributed by atoms with Gasteiger partial charge in [-0.15, -0.1) is 0 Å². The first-order chi connectivity index (χ1) is 17.1. The third kappa shape index (κ3) is 7.83. The molecule has 0 aliphatic carbocycles. The number of halogens is 1. The van der Waals surface area contributed by atoms with Crippen LogP contribution in [0.15, 0.2) is 119 Å². The number of nitrogens with two attached hydrogens (primary N) is 1. The molecule has 0 saturated heterocycles. The first-order valence-electron chi connectivity index (χ1n) is 10.9. The van der Waals surface area contributed by atoms with E-state index in [0.29, 0.717) is 30.3 Å². The highest BCUT2D eigenvalue weighted by molar-refractivity contribution is 6.08. The SMILES string of the molecule is C=N/C(=C\C(=N/CN)c1cccnc1)N/C(=C/C(=C)F)C/C=C\COc1cccc2cnccc12. The van der Waals surface area contributed by atoms with Crippen LogP contribution in [0.1, 0.15) is 12.0 Å².